The summed E-state index contributed by atoms with van der Waals surface area (Å²) in [7, 11) is 0. The maximum Gasteiger partial charge on any atom is 0.251 e. The zero-order valence-electron chi connectivity index (χ0n) is 9.66. The summed E-state index contributed by atoms with van der Waals surface area (Å²) in [5.74, 6) is 0.503. The van der Waals surface area contributed by atoms with Crippen molar-refractivity contribution >= 4 is 5.91 Å². The van der Waals surface area contributed by atoms with Crippen LogP contribution in [0.1, 0.15) is 24.2 Å². The Morgan fingerprint density at radius 2 is 2.06 bits per heavy atom. The minimum atomic E-state index is -0.114. The molecule has 0 aliphatic heterocycles. The van der Waals surface area contributed by atoms with Crippen LogP contribution in [0, 0.1) is 0 Å². The van der Waals surface area contributed by atoms with Gasteiger partial charge < -0.3 is 5.32 Å². The lowest BCUT2D eigenvalue weighted by Gasteiger charge is -2.08. The summed E-state index contributed by atoms with van der Waals surface area (Å²) in [6.45, 7) is 3.83. The summed E-state index contributed by atoms with van der Waals surface area (Å²) in [6, 6.07) is 3.47. The van der Waals surface area contributed by atoms with Gasteiger partial charge in [-0.3, -0.25) is 9.36 Å². The van der Waals surface area contributed by atoms with Crippen LogP contribution in [0.5, 0.6) is 0 Å². The van der Waals surface area contributed by atoms with Gasteiger partial charge in [-0.2, -0.15) is 0 Å². The Hall–Kier alpha value is -2.24. The molecule has 0 aliphatic carbocycles. The third kappa shape index (κ3) is 2.66. The van der Waals surface area contributed by atoms with Crippen molar-refractivity contribution in [3.63, 3.8) is 0 Å². The summed E-state index contributed by atoms with van der Waals surface area (Å²) in [5.41, 5.74) is 0.567. The Morgan fingerprint density at radius 1 is 1.35 bits per heavy atom. The fraction of sp³-hybridized carbons (Fsp3) is 0.273. The average Bonchev–Trinajstić information content (AvgIpc) is 2.82. The highest BCUT2D eigenvalue weighted by Gasteiger charge is 2.08. The molecule has 0 saturated heterocycles. The van der Waals surface area contributed by atoms with Gasteiger partial charge in [-0.15, -0.1) is 10.2 Å². The molecule has 1 N–H and O–H groups in total. The predicted octanol–water partition coefficient (Wildman–Crippen LogP) is 0.800. The Bertz CT molecular complexity index is 506. The van der Waals surface area contributed by atoms with E-state index in [-0.39, 0.29) is 11.9 Å². The van der Waals surface area contributed by atoms with Crippen LogP contribution in [0.15, 0.2) is 31.0 Å². The van der Waals surface area contributed by atoms with Crippen molar-refractivity contribution in [1.82, 2.24) is 25.1 Å². The summed E-state index contributed by atoms with van der Waals surface area (Å²) in [5, 5.41) is 10.2. The highest BCUT2D eigenvalue weighted by Crippen LogP contribution is 2.06. The van der Waals surface area contributed by atoms with Crippen LogP contribution in [0.4, 0.5) is 0 Å². The first-order valence-electron chi connectivity index (χ1n) is 5.29. The molecule has 0 aromatic carbocycles. The number of carbonyl (C=O) groups is 1. The molecule has 0 spiro atoms. The van der Waals surface area contributed by atoms with Crippen molar-refractivity contribution in [2.75, 3.05) is 0 Å². The smallest absolute Gasteiger partial charge is 0.251 e. The molecule has 17 heavy (non-hydrogen) atoms. The van der Waals surface area contributed by atoms with Crippen molar-refractivity contribution in [2.24, 2.45) is 0 Å². The van der Waals surface area contributed by atoms with Crippen LogP contribution in [0.3, 0.4) is 0 Å². The molecule has 6 nitrogen and oxygen atoms in total. The molecule has 0 atom stereocenters. The molecule has 0 saturated carbocycles. The molecular weight excluding hydrogens is 218 g/mol. The zero-order chi connectivity index (χ0) is 12.3. The molecule has 0 aliphatic rings. The molecular formula is C11H13N5O. The first kappa shape index (κ1) is 11.3. The van der Waals surface area contributed by atoms with E-state index in [0.29, 0.717) is 11.4 Å². The largest absolute Gasteiger partial charge is 0.350 e. The van der Waals surface area contributed by atoms with E-state index in [2.05, 4.69) is 20.5 Å². The van der Waals surface area contributed by atoms with Crippen LogP contribution in [-0.2, 0) is 0 Å². The minimum absolute atomic E-state index is 0.106. The second-order valence-electron chi connectivity index (χ2n) is 3.90. The van der Waals surface area contributed by atoms with Gasteiger partial charge in [0.15, 0.2) is 0 Å². The predicted molar refractivity (Wildman–Crippen MR) is 61.8 cm³/mol. The van der Waals surface area contributed by atoms with Gasteiger partial charge in [0.05, 0.1) is 0 Å². The molecule has 2 rings (SSSR count). The van der Waals surface area contributed by atoms with Gasteiger partial charge in [-0.05, 0) is 26.0 Å². The molecule has 0 unspecified atom stereocenters. The quantitative estimate of drug-likeness (QED) is 0.848. The van der Waals surface area contributed by atoms with Crippen LogP contribution >= 0.6 is 0 Å². The average molecular weight is 231 g/mol. The van der Waals surface area contributed by atoms with E-state index in [4.69, 9.17) is 0 Å². The molecule has 2 heterocycles. The van der Waals surface area contributed by atoms with Gasteiger partial charge in [0.25, 0.3) is 5.91 Å². The molecule has 0 fully saturated rings. The van der Waals surface area contributed by atoms with Gasteiger partial charge in [-0.1, -0.05) is 0 Å². The molecule has 1 amide bonds. The van der Waals surface area contributed by atoms with E-state index < -0.39 is 0 Å². The van der Waals surface area contributed by atoms with Crippen LogP contribution in [0.2, 0.25) is 0 Å². The molecule has 2 aromatic rings. The van der Waals surface area contributed by atoms with Crippen molar-refractivity contribution in [1.29, 1.82) is 0 Å². The molecule has 6 heteroatoms. The van der Waals surface area contributed by atoms with E-state index in [0.717, 1.165) is 0 Å². The summed E-state index contributed by atoms with van der Waals surface area (Å²) in [6.07, 6.45) is 4.66. The van der Waals surface area contributed by atoms with Crippen molar-refractivity contribution < 1.29 is 4.79 Å². The van der Waals surface area contributed by atoms with Crippen molar-refractivity contribution in [2.45, 2.75) is 19.9 Å². The monoisotopic (exact) mass is 231 g/mol. The minimum Gasteiger partial charge on any atom is -0.350 e. The second kappa shape index (κ2) is 4.73. The van der Waals surface area contributed by atoms with Crippen LogP contribution in [-0.4, -0.2) is 31.7 Å². The normalized spacial score (nSPS) is 10.5. The van der Waals surface area contributed by atoms with Gasteiger partial charge in [-0.25, -0.2) is 4.98 Å². The van der Waals surface area contributed by atoms with Crippen molar-refractivity contribution in [3.8, 4) is 5.82 Å². The molecule has 2 aromatic heterocycles. The third-order valence-corrected chi connectivity index (χ3v) is 2.11. The number of nitrogens with one attached hydrogen (secondary N) is 1. The molecule has 0 radical (unpaired) electrons. The van der Waals surface area contributed by atoms with E-state index in [9.17, 15) is 4.79 Å². The summed E-state index contributed by atoms with van der Waals surface area (Å²) < 4.78 is 1.64. The molecule has 88 valence electrons. The Morgan fingerprint density at radius 3 is 2.71 bits per heavy atom. The first-order valence-corrected chi connectivity index (χ1v) is 5.29. The first-order chi connectivity index (χ1) is 8.16. The van der Waals surface area contributed by atoms with Gasteiger partial charge in [0.1, 0.15) is 18.5 Å². The maximum absolute atomic E-state index is 11.8. The third-order valence-electron chi connectivity index (χ3n) is 2.11. The highest BCUT2D eigenvalue weighted by molar-refractivity contribution is 5.94. The zero-order valence-corrected chi connectivity index (χ0v) is 9.66. The number of pyridine rings is 1. The van der Waals surface area contributed by atoms with E-state index in [1.165, 1.54) is 12.7 Å². The van der Waals surface area contributed by atoms with Gasteiger partial charge in [0, 0.05) is 17.8 Å². The Kier molecular flexibility index (Phi) is 3.13. The summed E-state index contributed by atoms with van der Waals surface area (Å²) >= 11 is 0. The molecule has 0 bridgehead atoms. The standard InChI is InChI=1S/C11H13N5O/c1-8(2)15-11(17)9-3-4-12-10(5-9)16-6-13-14-7-16/h3-8H,1-2H3,(H,15,17). The SMILES string of the molecule is CC(C)NC(=O)c1ccnc(-n2cnnc2)c1. The topological polar surface area (TPSA) is 72.7 Å². The fourth-order valence-corrected chi connectivity index (χ4v) is 1.37. The fourth-order valence-electron chi connectivity index (χ4n) is 1.37. The number of amides is 1. The van der Waals surface area contributed by atoms with E-state index in [1.807, 2.05) is 13.8 Å². The van der Waals surface area contributed by atoms with Crippen LogP contribution < -0.4 is 5.32 Å². The number of carbonyl (C=O) groups excluding carboxylic acids is 1. The number of aromatic nitrogens is 4. The number of hydrogen-bond donors (Lipinski definition) is 1. The van der Waals surface area contributed by atoms with Crippen LogP contribution in [0.25, 0.3) is 5.82 Å². The van der Waals surface area contributed by atoms with E-state index >= 15 is 0 Å². The number of nitrogens with zero attached hydrogens (tertiary/aromatic N) is 4. The lowest BCUT2D eigenvalue weighted by molar-refractivity contribution is 0.0943. The maximum atomic E-state index is 11.8. The summed E-state index contributed by atoms with van der Waals surface area (Å²) in [4.78, 5) is 15.9. The van der Waals surface area contributed by atoms with Gasteiger partial charge in [0.2, 0.25) is 0 Å². The Labute approximate surface area is 98.7 Å². The highest BCUT2D eigenvalue weighted by atomic mass is 16.1. The second-order valence-corrected chi connectivity index (χ2v) is 3.90. The van der Waals surface area contributed by atoms with Crippen molar-refractivity contribution in [3.05, 3.63) is 36.5 Å². The lowest BCUT2D eigenvalue weighted by Crippen LogP contribution is -2.30. The lowest BCUT2D eigenvalue weighted by atomic mass is 10.2. The Balaban J connectivity index is 2.26. The number of rotatable bonds is 3. The van der Waals surface area contributed by atoms with Gasteiger partial charge >= 0.3 is 0 Å². The number of hydrogen-bond acceptors (Lipinski definition) is 4. The van der Waals surface area contributed by atoms with E-state index in [1.54, 1.807) is 22.9 Å².